The molecule has 0 spiro atoms. The first-order valence-corrected chi connectivity index (χ1v) is 10.7. The summed E-state index contributed by atoms with van der Waals surface area (Å²) in [5.41, 5.74) is 11.6. The van der Waals surface area contributed by atoms with Gasteiger partial charge in [-0.15, -0.1) is 0 Å². The summed E-state index contributed by atoms with van der Waals surface area (Å²) in [5.74, 6) is 0. The molecule has 7 nitrogen and oxygen atoms in total. The monoisotopic (exact) mass is 419 g/mol. The third kappa shape index (κ3) is 4.05. The van der Waals surface area contributed by atoms with Crippen molar-refractivity contribution in [3.63, 3.8) is 0 Å². The Morgan fingerprint density at radius 1 is 1.29 bits per heavy atom. The highest BCUT2D eigenvalue weighted by Gasteiger charge is 2.26. The molecule has 0 bridgehead atoms. The number of fused-ring (bicyclic) bond motifs is 2. The van der Waals surface area contributed by atoms with Crippen molar-refractivity contribution in [3.8, 4) is 0 Å². The molecule has 0 aliphatic heterocycles. The van der Waals surface area contributed by atoms with Crippen LogP contribution in [-0.4, -0.2) is 28.8 Å². The van der Waals surface area contributed by atoms with Crippen LogP contribution < -0.4 is 16.4 Å². The molecule has 1 heterocycles. The number of rotatable bonds is 5. The van der Waals surface area contributed by atoms with Crippen LogP contribution in [-0.2, 0) is 23.1 Å². The Kier molecular flexibility index (Phi) is 5.54. The first-order valence-electron chi connectivity index (χ1n) is 10.7. The molecule has 31 heavy (non-hydrogen) atoms. The maximum Gasteiger partial charge on any atom is 0.319 e. The van der Waals surface area contributed by atoms with E-state index >= 15 is 0 Å². The normalized spacial score (nSPS) is 15.7. The van der Waals surface area contributed by atoms with E-state index in [0.717, 1.165) is 18.2 Å². The molecule has 0 saturated heterocycles. The van der Waals surface area contributed by atoms with Crippen LogP contribution >= 0.6 is 0 Å². The lowest BCUT2D eigenvalue weighted by molar-refractivity contribution is 0.248. The Balaban J connectivity index is 1.55. The van der Waals surface area contributed by atoms with Gasteiger partial charge in [-0.25, -0.2) is 9.48 Å². The van der Waals surface area contributed by atoms with Crippen LogP contribution in [0.4, 0.5) is 10.5 Å². The number of hydrogen-bond donors (Lipinski definition) is 3. The number of nitrogens with one attached hydrogen (secondary N) is 2. The summed E-state index contributed by atoms with van der Waals surface area (Å²) in [4.78, 5) is 24.2. The number of carbonyl (C=O) groups is 2. The van der Waals surface area contributed by atoms with Gasteiger partial charge in [0.25, 0.3) is 0 Å². The van der Waals surface area contributed by atoms with Crippen molar-refractivity contribution in [2.75, 3.05) is 11.9 Å². The first kappa shape index (κ1) is 21.1. The average molecular weight is 420 g/mol. The second-order valence-corrected chi connectivity index (χ2v) is 9.09. The number of amides is 2. The fraction of sp³-hybridized carbons (Fsp3) is 0.375. The highest BCUT2D eigenvalue weighted by atomic mass is 16.2. The van der Waals surface area contributed by atoms with Crippen LogP contribution in [0, 0.1) is 0 Å². The van der Waals surface area contributed by atoms with E-state index in [2.05, 4.69) is 54.7 Å². The van der Waals surface area contributed by atoms with Crippen molar-refractivity contribution >= 4 is 29.0 Å². The molecule has 1 aliphatic rings. The van der Waals surface area contributed by atoms with E-state index in [1.807, 2.05) is 6.07 Å². The average Bonchev–Trinajstić information content (AvgIpc) is 3.29. The molecule has 7 heteroatoms. The molecule has 0 fully saturated rings. The van der Waals surface area contributed by atoms with Gasteiger partial charge in [0, 0.05) is 11.8 Å². The van der Waals surface area contributed by atoms with Crippen molar-refractivity contribution in [1.29, 1.82) is 0 Å². The van der Waals surface area contributed by atoms with Gasteiger partial charge in [-0.1, -0.05) is 45.0 Å². The Morgan fingerprint density at radius 3 is 2.81 bits per heavy atom. The Hall–Kier alpha value is -3.19. The standard InChI is InChI=1S/C24H29N5O2/c1-24(2,3)16-8-9-17-15(13-16)7-10-18(17)26-23(31)27-19-5-4-6-21-22(19)20(11-12-25)28-29(21)14-30/h4-6,8-9,13-14,18H,7,10-12,25H2,1-3H3,(H2,26,27,31)/t18-/m1/s1. The van der Waals surface area contributed by atoms with Crippen LogP contribution in [0.15, 0.2) is 36.4 Å². The van der Waals surface area contributed by atoms with E-state index in [1.54, 1.807) is 12.1 Å². The van der Waals surface area contributed by atoms with Crippen molar-refractivity contribution in [2.45, 2.75) is 51.5 Å². The van der Waals surface area contributed by atoms with Gasteiger partial charge in [-0.3, -0.25) is 4.79 Å². The highest BCUT2D eigenvalue weighted by Crippen LogP contribution is 2.35. The fourth-order valence-electron chi connectivity index (χ4n) is 4.32. The zero-order valence-electron chi connectivity index (χ0n) is 18.2. The summed E-state index contributed by atoms with van der Waals surface area (Å²) in [5, 5.41) is 11.1. The quantitative estimate of drug-likeness (QED) is 0.549. The predicted octanol–water partition coefficient (Wildman–Crippen LogP) is 3.68. The molecular formula is C24H29N5O2. The van der Waals surface area contributed by atoms with E-state index in [1.165, 1.54) is 21.4 Å². The highest BCUT2D eigenvalue weighted by molar-refractivity contribution is 6.03. The molecule has 1 aliphatic carbocycles. The van der Waals surface area contributed by atoms with Crippen LogP contribution in [0.5, 0.6) is 0 Å². The predicted molar refractivity (Wildman–Crippen MR) is 123 cm³/mol. The lowest BCUT2D eigenvalue weighted by Crippen LogP contribution is -2.31. The van der Waals surface area contributed by atoms with Crippen molar-refractivity contribution in [1.82, 2.24) is 15.1 Å². The van der Waals surface area contributed by atoms with Gasteiger partial charge in [0.1, 0.15) is 0 Å². The van der Waals surface area contributed by atoms with Gasteiger partial charge in [0.15, 0.2) is 0 Å². The zero-order valence-corrected chi connectivity index (χ0v) is 18.2. The lowest BCUT2D eigenvalue weighted by Gasteiger charge is -2.21. The first-order chi connectivity index (χ1) is 14.8. The Morgan fingerprint density at radius 2 is 2.10 bits per heavy atom. The van der Waals surface area contributed by atoms with Gasteiger partial charge in [-0.05, 0) is 53.6 Å². The summed E-state index contributed by atoms with van der Waals surface area (Å²) in [6, 6.07) is 11.7. The smallest absolute Gasteiger partial charge is 0.319 e. The number of carbonyl (C=O) groups excluding carboxylic acids is 2. The molecule has 1 atom stereocenters. The molecule has 2 amide bonds. The van der Waals surface area contributed by atoms with Gasteiger partial charge in [0.05, 0.1) is 22.9 Å². The summed E-state index contributed by atoms with van der Waals surface area (Å²) in [6.07, 6.45) is 3.01. The number of anilines is 1. The summed E-state index contributed by atoms with van der Waals surface area (Å²) < 4.78 is 1.28. The Labute approximate surface area is 182 Å². The molecule has 3 aromatic rings. The van der Waals surface area contributed by atoms with Crippen molar-refractivity contribution < 1.29 is 9.59 Å². The molecule has 1 aromatic heterocycles. The maximum absolute atomic E-state index is 12.8. The maximum atomic E-state index is 12.8. The third-order valence-corrected chi connectivity index (χ3v) is 5.93. The fourth-order valence-corrected chi connectivity index (χ4v) is 4.32. The summed E-state index contributed by atoms with van der Waals surface area (Å²) >= 11 is 0. The van der Waals surface area contributed by atoms with Crippen LogP contribution in [0.25, 0.3) is 10.9 Å². The summed E-state index contributed by atoms with van der Waals surface area (Å²) in [6.45, 7) is 7.03. The molecule has 4 N–H and O–H groups in total. The minimum absolute atomic E-state index is 0.0237. The van der Waals surface area contributed by atoms with Crippen LogP contribution in [0.1, 0.15) is 55.6 Å². The SMILES string of the molecule is CC(C)(C)c1ccc2c(c1)CC[C@H]2NC(=O)Nc1cccc2c1c(CCN)nn2C=O. The van der Waals surface area contributed by atoms with Crippen LogP contribution in [0.3, 0.4) is 0 Å². The molecular weight excluding hydrogens is 390 g/mol. The minimum Gasteiger partial charge on any atom is -0.331 e. The van der Waals surface area contributed by atoms with Gasteiger partial charge >= 0.3 is 6.03 Å². The second-order valence-electron chi connectivity index (χ2n) is 9.09. The van der Waals surface area contributed by atoms with Crippen molar-refractivity contribution in [3.05, 3.63) is 58.8 Å². The van der Waals surface area contributed by atoms with Gasteiger partial charge in [-0.2, -0.15) is 5.10 Å². The number of hydrogen-bond acceptors (Lipinski definition) is 4. The van der Waals surface area contributed by atoms with Gasteiger partial charge in [0.2, 0.25) is 6.41 Å². The zero-order chi connectivity index (χ0) is 22.2. The number of aryl methyl sites for hydroxylation is 1. The van der Waals surface area contributed by atoms with Crippen molar-refractivity contribution in [2.24, 2.45) is 5.73 Å². The molecule has 0 unspecified atom stereocenters. The van der Waals surface area contributed by atoms with Gasteiger partial charge < -0.3 is 16.4 Å². The molecule has 162 valence electrons. The summed E-state index contributed by atoms with van der Waals surface area (Å²) in [7, 11) is 0. The van der Waals surface area contributed by atoms with E-state index in [9.17, 15) is 9.59 Å². The number of aromatic nitrogens is 2. The number of nitrogens with two attached hydrogens (primary N) is 1. The number of nitrogens with zero attached hydrogens (tertiary/aromatic N) is 2. The largest absolute Gasteiger partial charge is 0.331 e. The number of benzene rings is 2. The number of urea groups is 1. The van der Waals surface area contributed by atoms with E-state index in [4.69, 9.17) is 5.73 Å². The molecule has 2 aromatic carbocycles. The molecule has 0 saturated carbocycles. The van der Waals surface area contributed by atoms with E-state index < -0.39 is 0 Å². The second kappa shape index (κ2) is 8.15. The van der Waals surface area contributed by atoms with E-state index in [0.29, 0.717) is 36.3 Å². The van der Waals surface area contributed by atoms with Crippen LogP contribution in [0.2, 0.25) is 0 Å². The third-order valence-electron chi connectivity index (χ3n) is 5.93. The Bertz CT molecular complexity index is 1140. The molecule has 0 radical (unpaired) electrons. The molecule has 4 rings (SSSR count). The topological polar surface area (TPSA) is 102 Å². The lowest BCUT2D eigenvalue weighted by atomic mass is 9.85. The minimum atomic E-state index is -0.275. The van der Waals surface area contributed by atoms with E-state index in [-0.39, 0.29) is 17.5 Å².